The zero-order valence-corrected chi connectivity index (χ0v) is 15.9. The summed E-state index contributed by atoms with van der Waals surface area (Å²) in [5, 5.41) is 1.74. The Balaban J connectivity index is 1.80. The predicted molar refractivity (Wildman–Crippen MR) is 102 cm³/mol. The van der Waals surface area contributed by atoms with Gasteiger partial charge >= 0.3 is 0 Å². The fourth-order valence-corrected chi connectivity index (χ4v) is 4.13. The molecule has 0 aliphatic heterocycles. The van der Waals surface area contributed by atoms with E-state index in [0.717, 1.165) is 28.4 Å². The molecule has 2 heterocycles. The number of aromatic nitrogens is 2. The summed E-state index contributed by atoms with van der Waals surface area (Å²) < 4.78 is 11.7. The summed E-state index contributed by atoms with van der Waals surface area (Å²) in [6, 6.07) is 3.89. The van der Waals surface area contributed by atoms with Crippen molar-refractivity contribution in [3.05, 3.63) is 37.0 Å². The van der Waals surface area contributed by atoms with E-state index in [1.165, 1.54) is 19.3 Å². The first-order valence-corrected chi connectivity index (χ1v) is 9.41. The van der Waals surface area contributed by atoms with E-state index in [2.05, 4.69) is 23.5 Å². The summed E-state index contributed by atoms with van der Waals surface area (Å²) in [6.07, 6.45) is 9.41. The van der Waals surface area contributed by atoms with Gasteiger partial charge in [0.2, 0.25) is 5.88 Å². The third-order valence-corrected chi connectivity index (χ3v) is 5.80. The molecule has 0 aromatic carbocycles. The molecule has 0 bridgehead atoms. The van der Waals surface area contributed by atoms with Crippen molar-refractivity contribution in [2.45, 2.75) is 44.6 Å². The van der Waals surface area contributed by atoms with Gasteiger partial charge in [-0.15, -0.1) is 0 Å². The van der Waals surface area contributed by atoms with Gasteiger partial charge in [-0.05, 0) is 51.3 Å². The summed E-state index contributed by atoms with van der Waals surface area (Å²) in [5.41, 5.74) is 0.837. The number of rotatable bonds is 6. The summed E-state index contributed by atoms with van der Waals surface area (Å²) in [4.78, 5) is 10.7. The zero-order chi connectivity index (χ0) is 17.9. The van der Waals surface area contributed by atoms with Crippen molar-refractivity contribution < 1.29 is 9.47 Å². The molecule has 3 rings (SSSR count). The Hall–Kier alpha value is -2.08. The summed E-state index contributed by atoms with van der Waals surface area (Å²) in [7, 11) is 3.57. The number of methoxy groups -OCH3 is 1. The topological polar surface area (TPSA) is 47.5 Å². The van der Waals surface area contributed by atoms with Crippen molar-refractivity contribution >= 4 is 16.3 Å². The third-order valence-electron chi connectivity index (χ3n) is 4.64. The molecule has 0 spiro atoms. The second-order valence-corrected chi connectivity index (χ2v) is 7.62. The highest BCUT2D eigenvalue weighted by molar-refractivity contribution is 7.19. The predicted octanol–water partition coefficient (Wildman–Crippen LogP) is 4.86. The van der Waals surface area contributed by atoms with Crippen LogP contribution >= 0.6 is 11.3 Å². The third kappa shape index (κ3) is 3.95. The molecule has 0 N–H and O–H groups in total. The highest BCUT2D eigenvalue weighted by atomic mass is 32.1. The van der Waals surface area contributed by atoms with E-state index >= 15 is 0 Å². The first-order valence-electron chi connectivity index (χ1n) is 8.59. The lowest BCUT2D eigenvalue weighted by Crippen LogP contribution is -2.34. The molecule has 2 aromatic heterocycles. The molecule has 0 radical (unpaired) electrons. The molecule has 0 amide bonds. The van der Waals surface area contributed by atoms with Crippen LogP contribution < -0.4 is 9.64 Å². The molecule has 0 saturated heterocycles. The monoisotopic (exact) mass is 359 g/mol. The second-order valence-electron chi connectivity index (χ2n) is 6.64. The van der Waals surface area contributed by atoms with Crippen LogP contribution in [0.4, 0.5) is 5.00 Å². The smallest absolute Gasteiger partial charge is 0.250 e. The Morgan fingerprint density at radius 3 is 2.72 bits per heavy atom. The van der Waals surface area contributed by atoms with Gasteiger partial charge < -0.3 is 14.4 Å². The van der Waals surface area contributed by atoms with Gasteiger partial charge in [-0.3, -0.25) is 4.98 Å². The molecule has 1 aliphatic rings. The minimum Gasteiger partial charge on any atom is -0.479 e. The summed E-state index contributed by atoms with van der Waals surface area (Å²) in [6.45, 7) is 6.32. The largest absolute Gasteiger partial charge is 0.479 e. The van der Waals surface area contributed by atoms with Crippen molar-refractivity contribution in [1.29, 1.82) is 0 Å². The molecule has 0 unspecified atom stereocenters. The van der Waals surface area contributed by atoms with Gasteiger partial charge in [0.15, 0.2) is 10.9 Å². The fraction of sp³-hybridized carbons (Fsp3) is 0.474. The SMILES string of the molecule is C=C(OC1(C)CCCCC1)N(C)c1sc(-c2cccnc2)nc1OC. The van der Waals surface area contributed by atoms with Gasteiger partial charge in [0, 0.05) is 25.0 Å². The molecule has 0 atom stereocenters. The van der Waals surface area contributed by atoms with Gasteiger partial charge in [-0.25, -0.2) is 0 Å². The highest BCUT2D eigenvalue weighted by Gasteiger charge is 2.31. The van der Waals surface area contributed by atoms with Crippen LogP contribution in [-0.4, -0.2) is 29.7 Å². The first kappa shape index (κ1) is 17.7. The van der Waals surface area contributed by atoms with E-state index < -0.39 is 0 Å². The lowest BCUT2D eigenvalue weighted by Gasteiger charge is -2.36. The first-order chi connectivity index (χ1) is 12.0. The summed E-state index contributed by atoms with van der Waals surface area (Å²) in [5.74, 6) is 1.20. The van der Waals surface area contributed by atoms with Crippen molar-refractivity contribution in [2.24, 2.45) is 0 Å². The quantitative estimate of drug-likeness (QED) is 0.689. The molecule has 2 aromatic rings. The number of thiazole rings is 1. The van der Waals surface area contributed by atoms with E-state index in [0.29, 0.717) is 11.8 Å². The average Bonchev–Trinajstić information content (AvgIpc) is 3.06. The Bertz CT molecular complexity index is 724. The number of pyridine rings is 1. The molecule has 1 aliphatic carbocycles. The lowest BCUT2D eigenvalue weighted by molar-refractivity contribution is -0.0139. The van der Waals surface area contributed by atoms with Crippen LogP contribution in [0.5, 0.6) is 5.88 Å². The van der Waals surface area contributed by atoms with E-state index in [-0.39, 0.29) is 5.60 Å². The van der Waals surface area contributed by atoms with Gasteiger partial charge in [0.25, 0.3) is 0 Å². The zero-order valence-electron chi connectivity index (χ0n) is 15.1. The fourth-order valence-electron chi connectivity index (χ4n) is 3.12. The molecular formula is C19H25N3O2S. The van der Waals surface area contributed by atoms with Crippen LogP contribution in [0, 0.1) is 0 Å². The molecule has 5 nitrogen and oxygen atoms in total. The molecule has 1 saturated carbocycles. The number of ether oxygens (including phenoxy) is 2. The molecule has 1 fully saturated rings. The van der Waals surface area contributed by atoms with Crippen LogP contribution in [0.25, 0.3) is 10.6 Å². The minimum absolute atomic E-state index is 0.131. The maximum atomic E-state index is 6.25. The van der Waals surface area contributed by atoms with Crippen molar-refractivity contribution in [3.8, 4) is 16.5 Å². The number of nitrogens with zero attached hydrogens (tertiary/aromatic N) is 3. The van der Waals surface area contributed by atoms with Crippen LogP contribution in [0.15, 0.2) is 37.0 Å². The normalized spacial score (nSPS) is 16.3. The van der Waals surface area contributed by atoms with Crippen LogP contribution in [0.1, 0.15) is 39.0 Å². The Morgan fingerprint density at radius 1 is 1.32 bits per heavy atom. The number of hydrogen-bond donors (Lipinski definition) is 0. The van der Waals surface area contributed by atoms with Gasteiger partial charge in [-0.2, -0.15) is 4.98 Å². The van der Waals surface area contributed by atoms with Gasteiger partial charge in [0.1, 0.15) is 10.6 Å². The van der Waals surface area contributed by atoms with Crippen molar-refractivity contribution in [1.82, 2.24) is 9.97 Å². The van der Waals surface area contributed by atoms with E-state index in [1.54, 1.807) is 30.8 Å². The second kappa shape index (κ2) is 7.44. The van der Waals surface area contributed by atoms with Crippen molar-refractivity contribution in [3.63, 3.8) is 0 Å². The number of hydrogen-bond acceptors (Lipinski definition) is 6. The maximum Gasteiger partial charge on any atom is 0.250 e. The van der Waals surface area contributed by atoms with E-state index in [1.807, 2.05) is 24.1 Å². The Kier molecular flexibility index (Phi) is 5.27. The van der Waals surface area contributed by atoms with E-state index in [9.17, 15) is 0 Å². The molecule has 6 heteroatoms. The summed E-state index contributed by atoms with van der Waals surface area (Å²) >= 11 is 1.54. The molecule has 134 valence electrons. The Labute approximate surface area is 153 Å². The van der Waals surface area contributed by atoms with Crippen LogP contribution in [0.2, 0.25) is 0 Å². The maximum absolute atomic E-state index is 6.25. The van der Waals surface area contributed by atoms with Gasteiger partial charge in [-0.1, -0.05) is 17.8 Å². The average molecular weight is 359 g/mol. The van der Waals surface area contributed by atoms with Crippen LogP contribution in [0.3, 0.4) is 0 Å². The molecular weight excluding hydrogens is 334 g/mol. The van der Waals surface area contributed by atoms with Crippen molar-refractivity contribution in [2.75, 3.05) is 19.1 Å². The minimum atomic E-state index is -0.131. The van der Waals surface area contributed by atoms with Gasteiger partial charge in [0.05, 0.1) is 7.11 Å². The lowest BCUT2D eigenvalue weighted by atomic mass is 9.86. The van der Waals surface area contributed by atoms with Crippen LogP contribution in [-0.2, 0) is 4.74 Å². The standard InChI is InChI=1S/C19H25N3O2S/c1-14(24-19(2)10-6-5-7-11-19)22(3)18-16(23-4)21-17(25-18)15-9-8-12-20-13-15/h8-9,12-13H,1,5-7,10-11H2,2-4H3. The number of anilines is 1. The Morgan fingerprint density at radius 2 is 2.08 bits per heavy atom. The highest BCUT2D eigenvalue weighted by Crippen LogP contribution is 2.41. The van der Waals surface area contributed by atoms with E-state index in [4.69, 9.17) is 9.47 Å². The molecule has 25 heavy (non-hydrogen) atoms.